The zero-order valence-corrected chi connectivity index (χ0v) is 8.96. The van der Waals surface area contributed by atoms with E-state index in [1.807, 2.05) is 0 Å². The van der Waals surface area contributed by atoms with Gasteiger partial charge in [-0.1, -0.05) is 13.8 Å². The molecular formula is C11H23NO. The number of nitrogens with two attached hydrogens (primary N) is 1. The molecule has 2 unspecified atom stereocenters. The zero-order valence-electron chi connectivity index (χ0n) is 8.96. The van der Waals surface area contributed by atoms with E-state index in [0.717, 1.165) is 19.1 Å². The standard InChI is InChI=1S/C11H23NO/c1-9(2)8-13-11-4-3-10(7-11)5-6-12/h9-11H,3-8,12H2,1-2H3. The zero-order chi connectivity index (χ0) is 9.68. The van der Waals surface area contributed by atoms with Crippen LogP contribution in [0.1, 0.15) is 39.5 Å². The molecule has 1 aliphatic rings. The quantitative estimate of drug-likeness (QED) is 0.712. The molecule has 2 nitrogen and oxygen atoms in total. The third-order valence-electron chi connectivity index (χ3n) is 2.73. The summed E-state index contributed by atoms with van der Waals surface area (Å²) in [7, 11) is 0. The monoisotopic (exact) mass is 185 g/mol. The number of hydrogen-bond donors (Lipinski definition) is 1. The minimum Gasteiger partial charge on any atom is -0.378 e. The average molecular weight is 185 g/mol. The summed E-state index contributed by atoms with van der Waals surface area (Å²) in [5.41, 5.74) is 5.54. The summed E-state index contributed by atoms with van der Waals surface area (Å²) >= 11 is 0. The summed E-state index contributed by atoms with van der Waals surface area (Å²) in [6.07, 6.45) is 5.52. The van der Waals surface area contributed by atoms with Gasteiger partial charge in [-0.15, -0.1) is 0 Å². The molecule has 1 fully saturated rings. The summed E-state index contributed by atoms with van der Waals surface area (Å²) in [5.74, 6) is 1.50. The molecular weight excluding hydrogens is 162 g/mol. The lowest BCUT2D eigenvalue weighted by atomic mass is 10.0. The molecule has 0 bridgehead atoms. The summed E-state index contributed by atoms with van der Waals surface area (Å²) < 4.78 is 5.80. The molecule has 0 radical (unpaired) electrons. The van der Waals surface area contributed by atoms with E-state index in [4.69, 9.17) is 10.5 Å². The van der Waals surface area contributed by atoms with Crippen molar-refractivity contribution in [3.05, 3.63) is 0 Å². The lowest BCUT2D eigenvalue weighted by Gasteiger charge is -2.13. The fraction of sp³-hybridized carbons (Fsp3) is 1.00. The summed E-state index contributed by atoms with van der Waals surface area (Å²) in [4.78, 5) is 0. The van der Waals surface area contributed by atoms with Crippen molar-refractivity contribution in [3.63, 3.8) is 0 Å². The molecule has 13 heavy (non-hydrogen) atoms. The van der Waals surface area contributed by atoms with E-state index in [9.17, 15) is 0 Å². The molecule has 0 amide bonds. The molecule has 0 heterocycles. The Labute approximate surface area is 81.8 Å². The van der Waals surface area contributed by atoms with E-state index < -0.39 is 0 Å². The first kappa shape index (κ1) is 11.0. The lowest BCUT2D eigenvalue weighted by molar-refractivity contribution is 0.0380. The Morgan fingerprint density at radius 3 is 2.77 bits per heavy atom. The van der Waals surface area contributed by atoms with Crippen molar-refractivity contribution >= 4 is 0 Å². The van der Waals surface area contributed by atoms with E-state index >= 15 is 0 Å². The molecule has 0 saturated heterocycles. The van der Waals surface area contributed by atoms with Crippen LogP contribution in [0, 0.1) is 11.8 Å². The largest absolute Gasteiger partial charge is 0.378 e. The van der Waals surface area contributed by atoms with Crippen LogP contribution in [0.2, 0.25) is 0 Å². The van der Waals surface area contributed by atoms with Gasteiger partial charge in [0.25, 0.3) is 0 Å². The normalized spacial score (nSPS) is 28.6. The first-order valence-corrected chi connectivity index (χ1v) is 5.54. The Hall–Kier alpha value is -0.0800. The van der Waals surface area contributed by atoms with Gasteiger partial charge in [-0.3, -0.25) is 0 Å². The van der Waals surface area contributed by atoms with Gasteiger partial charge in [-0.05, 0) is 44.1 Å². The molecule has 0 aromatic heterocycles. The molecule has 1 rings (SSSR count). The molecule has 1 saturated carbocycles. The second kappa shape index (κ2) is 5.61. The Bertz CT molecular complexity index is 136. The van der Waals surface area contributed by atoms with E-state index in [-0.39, 0.29) is 0 Å². The molecule has 2 heteroatoms. The van der Waals surface area contributed by atoms with Crippen molar-refractivity contribution in [2.45, 2.75) is 45.6 Å². The molecule has 2 N–H and O–H groups in total. The van der Waals surface area contributed by atoms with Gasteiger partial charge in [-0.25, -0.2) is 0 Å². The third-order valence-corrected chi connectivity index (χ3v) is 2.73. The van der Waals surface area contributed by atoms with Crippen molar-refractivity contribution in [3.8, 4) is 0 Å². The average Bonchev–Trinajstić information content (AvgIpc) is 2.50. The highest BCUT2D eigenvalue weighted by Gasteiger charge is 2.24. The van der Waals surface area contributed by atoms with Crippen LogP contribution in [-0.2, 0) is 4.74 Å². The summed E-state index contributed by atoms with van der Waals surface area (Å²) in [5, 5.41) is 0. The SMILES string of the molecule is CC(C)COC1CCC(CCN)C1. The van der Waals surface area contributed by atoms with Gasteiger partial charge in [0.1, 0.15) is 0 Å². The minimum absolute atomic E-state index is 0.527. The smallest absolute Gasteiger partial charge is 0.0578 e. The third kappa shape index (κ3) is 4.10. The van der Waals surface area contributed by atoms with Gasteiger partial charge in [0.15, 0.2) is 0 Å². The van der Waals surface area contributed by atoms with Crippen molar-refractivity contribution in [1.82, 2.24) is 0 Å². The maximum atomic E-state index is 5.80. The second-order valence-corrected chi connectivity index (χ2v) is 4.61. The van der Waals surface area contributed by atoms with Crippen LogP contribution in [0.25, 0.3) is 0 Å². The highest BCUT2D eigenvalue weighted by molar-refractivity contribution is 4.76. The second-order valence-electron chi connectivity index (χ2n) is 4.61. The van der Waals surface area contributed by atoms with Crippen molar-refractivity contribution < 1.29 is 4.74 Å². The van der Waals surface area contributed by atoms with Crippen molar-refractivity contribution in [2.24, 2.45) is 17.6 Å². The summed E-state index contributed by atoms with van der Waals surface area (Å²) in [6, 6.07) is 0. The van der Waals surface area contributed by atoms with E-state index in [2.05, 4.69) is 13.8 Å². The fourth-order valence-corrected chi connectivity index (χ4v) is 2.01. The number of ether oxygens (including phenoxy) is 1. The molecule has 0 aliphatic heterocycles. The number of rotatable bonds is 5. The first-order valence-electron chi connectivity index (χ1n) is 5.54. The highest BCUT2D eigenvalue weighted by Crippen LogP contribution is 2.29. The van der Waals surface area contributed by atoms with E-state index in [1.54, 1.807) is 0 Å². The van der Waals surface area contributed by atoms with Gasteiger partial charge in [0.05, 0.1) is 6.10 Å². The summed E-state index contributed by atoms with van der Waals surface area (Å²) in [6.45, 7) is 6.15. The molecule has 0 aromatic carbocycles. The van der Waals surface area contributed by atoms with Crippen LogP contribution in [0.15, 0.2) is 0 Å². The predicted octanol–water partition coefficient (Wildman–Crippen LogP) is 2.18. The maximum Gasteiger partial charge on any atom is 0.0578 e. The molecule has 2 atom stereocenters. The Morgan fingerprint density at radius 1 is 1.38 bits per heavy atom. The Morgan fingerprint density at radius 2 is 2.15 bits per heavy atom. The van der Waals surface area contributed by atoms with Crippen LogP contribution >= 0.6 is 0 Å². The van der Waals surface area contributed by atoms with Gasteiger partial charge in [0.2, 0.25) is 0 Å². The van der Waals surface area contributed by atoms with E-state index in [0.29, 0.717) is 12.0 Å². The minimum atomic E-state index is 0.527. The van der Waals surface area contributed by atoms with Crippen LogP contribution < -0.4 is 5.73 Å². The molecule has 0 spiro atoms. The van der Waals surface area contributed by atoms with Crippen molar-refractivity contribution in [1.29, 1.82) is 0 Å². The van der Waals surface area contributed by atoms with Crippen LogP contribution in [0.5, 0.6) is 0 Å². The van der Waals surface area contributed by atoms with Crippen LogP contribution in [0.4, 0.5) is 0 Å². The Kier molecular flexibility index (Phi) is 4.74. The highest BCUT2D eigenvalue weighted by atomic mass is 16.5. The van der Waals surface area contributed by atoms with Gasteiger partial charge in [-0.2, -0.15) is 0 Å². The maximum absolute atomic E-state index is 5.80. The molecule has 1 aliphatic carbocycles. The topological polar surface area (TPSA) is 35.2 Å². The fourth-order valence-electron chi connectivity index (χ4n) is 2.01. The van der Waals surface area contributed by atoms with Crippen molar-refractivity contribution in [2.75, 3.05) is 13.2 Å². The number of hydrogen-bond acceptors (Lipinski definition) is 2. The van der Waals surface area contributed by atoms with Gasteiger partial charge in [0, 0.05) is 6.61 Å². The predicted molar refractivity (Wildman–Crippen MR) is 55.6 cm³/mol. The first-order chi connectivity index (χ1) is 6.22. The van der Waals surface area contributed by atoms with Crippen LogP contribution in [0.3, 0.4) is 0 Å². The van der Waals surface area contributed by atoms with Gasteiger partial charge < -0.3 is 10.5 Å². The molecule has 0 aromatic rings. The van der Waals surface area contributed by atoms with E-state index in [1.165, 1.54) is 25.7 Å². The molecule has 78 valence electrons. The Balaban J connectivity index is 2.10. The lowest BCUT2D eigenvalue weighted by Crippen LogP contribution is -2.13. The van der Waals surface area contributed by atoms with Crippen LogP contribution in [-0.4, -0.2) is 19.3 Å². The van der Waals surface area contributed by atoms with Gasteiger partial charge >= 0.3 is 0 Å².